The minimum Gasteiger partial charge on any atom is -0.327 e. The van der Waals surface area contributed by atoms with Crippen molar-refractivity contribution >= 4 is 15.9 Å². The molecule has 20 heavy (non-hydrogen) atoms. The van der Waals surface area contributed by atoms with Crippen molar-refractivity contribution in [1.29, 1.82) is 0 Å². The summed E-state index contributed by atoms with van der Waals surface area (Å²) in [7, 11) is 1.98. The third-order valence-electron chi connectivity index (χ3n) is 3.68. The predicted octanol–water partition coefficient (Wildman–Crippen LogP) is 2.70. The van der Waals surface area contributed by atoms with Crippen LogP contribution in [0.4, 0.5) is 0 Å². The van der Waals surface area contributed by atoms with E-state index in [1.165, 1.54) is 11.3 Å². The standard InChI is InChI=1S/C15H21BrN4/c1-10-15(11(2)20(3)19-10)7-5-13(17)8-14-6-4-12(16)9-18-14/h4,6,9,13H,5,7-8,17H2,1-3H3. The Bertz CT molecular complexity index is 574. The fourth-order valence-corrected chi connectivity index (χ4v) is 2.64. The highest BCUT2D eigenvalue weighted by atomic mass is 79.9. The highest BCUT2D eigenvalue weighted by molar-refractivity contribution is 9.10. The molecule has 1 atom stereocenters. The van der Waals surface area contributed by atoms with Crippen LogP contribution in [-0.2, 0) is 19.9 Å². The molecular formula is C15H21BrN4. The monoisotopic (exact) mass is 336 g/mol. The summed E-state index contributed by atoms with van der Waals surface area (Å²) >= 11 is 3.39. The van der Waals surface area contributed by atoms with Gasteiger partial charge in [0.15, 0.2) is 0 Å². The van der Waals surface area contributed by atoms with Crippen LogP contribution in [0.3, 0.4) is 0 Å². The molecular weight excluding hydrogens is 316 g/mol. The zero-order valence-electron chi connectivity index (χ0n) is 12.2. The summed E-state index contributed by atoms with van der Waals surface area (Å²) in [4.78, 5) is 4.37. The predicted molar refractivity (Wildman–Crippen MR) is 84.6 cm³/mol. The number of nitrogens with zero attached hydrogens (tertiary/aromatic N) is 3. The lowest BCUT2D eigenvalue weighted by molar-refractivity contribution is 0.600. The lowest BCUT2D eigenvalue weighted by atomic mass is 10.0. The minimum absolute atomic E-state index is 0.127. The van der Waals surface area contributed by atoms with Gasteiger partial charge in [-0.05, 0) is 60.3 Å². The van der Waals surface area contributed by atoms with E-state index in [0.29, 0.717) is 0 Å². The van der Waals surface area contributed by atoms with Crippen LogP contribution in [0, 0.1) is 13.8 Å². The van der Waals surface area contributed by atoms with Crippen molar-refractivity contribution in [2.24, 2.45) is 12.8 Å². The van der Waals surface area contributed by atoms with Gasteiger partial charge in [0.2, 0.25) is 0 Å². The van der Waals surface area contributed by atoms with E-state index in [1.807, 2.05) is 30.1 Å². The molecule has 0 aliphatic carbocycles. The average Bonchev–Trinajstić information content (AvgIpc) is 2.64. The molecule has 0 radical (unpaired) electrons. The van der Waals surface area contributed by atoms with Crippen LogP contribution in [0.2, 0.25) is 0 Å². The van der Waals surface area contributed by atoms with Crippen LogP contribution in [0.1, 0.15) is 29.1 Å². The second kappa shape index (κ2) is 6.50. The summed E-state index contributed by atoms with van der Waals surface area (Å²) < 4.78 is 2.93. The molecule has 0 aliphatic rings. The van der Waals surface area contributed by atoms with Gasteiger partial charge in [0.25, 0.3) is 0 Å². The Morgan fingerprint density at radius 3 is 2.65 bits per heavy atom. The van der Waals surface area contributed by atoms with E-state index in [0.717, 1.165) is 35.1 Å². The van der Waals surface area contributed by atoms with Gasteiger partial charge in [0.05, 0.1) is 5.69 Å². The number of aromatic nitrogens is 3. The van der Waals surface area contributed by atoms with E-state index >= 15 is 0 Å². The second-order valence-corrected chi connectivity index (χ2v) is 6.16. The van der Waals surface area contributed by atoms with Crippen molar-refractivity contribution in [1.82, 2.24) is 14.8 Å². The molecule has 1 unspecified atom stereocenters. The smallest absolute Gasteiger partial charge is 0.0628 e. The van der Waals surface area contributed by atoms with Crippen LogP contribution >= 0.6 is 15.9 Å². The number of halogens is 1. The Kier molecular flexibility index (Phi) is 4.94. The van der Waals surface area contributed by atoms with Gasteiger partial charge in [-0.3, -0.25) is 9.67 Å². The summed E-state index contributed by atoms with van der Waals surface area (Å²) in [5, 5.41) is 4.44. The molecule has 0 aromatic carbocycles. The first kappa shape index (κ1) is 15.2. The quantitative estimate of drug-likeness (QED) is 0.913. The zero-order valence-corrected chi connectivity index (χ0v) is 13.8. The van der Waals surface area contributed by atoms with Crippen molar-refractivity contribution in [2.75, 3.05) is 0 Å². The molecule has 0 amide bonds. The Labute approximate surface area is 128 Å². The van der Waals surface area contributed by atoms with Crippen LogP contribution in [0.15, 0.2) is 22.8 Å². The SMILES string of the molecule is Cc1nn(C)c(C)c1CCC(N)Cc1ccc(Br)cn1. The van der Waals surface area contributed by atoms with Crippen molar-refractivity contribution < 1.29 is 0 Å². The molecule has 0 aliphatic heterocycles. The van der Waals surface area contributed by atoms with Gasteiger partial charge >= 0.3 is 0 Å². The average molecular weight is 337 g/mol. The van der Waals surface area contributed by atoms with E-state index in [4.69, 9.17) is 5.73 Å². The first-order valence-electron chi connectivity index (χ1n) is 6.82. The Morgan fingerprint density at radius 1 is 1.35 bits per heavy atom. The second-order valence-electron chi connectivity index (χ2n) is 5.24. The summed E-state index contributed by atoms with van der Waals surface area (Å²) in [6.45, 7) is 4.17. The largest absolute Gasteiger partial charge is 0.327 e. The van der Waals surface area contributed by atoms with Gasteiger partial charge in [-0.2, -0.15) is 5.10 Å². The summed E-state index contributed by atoms with van der Waals surface area (Å²) in [5.74, 6) is 0. The van der Waals surface area contributed by atoms with Crippen molar-refractivity contribution in [2.45, 2.75) is 39.2 Å². The maximum atomic E-state index is 6.22. The molecule has 0 saturated heterocycles. The molecule has 0 fully saturated rings. The van der Waals surface area contributed by atoms with E-state index in [9.17, 15) is 0 Å². The first-order valence-corrected chi connectivity index (χ1v) is 7.61. The topological polar surface area (TPSA) is 56.7 Å². The summed E-state index contributed by atoms with van der Waals surface area (Å²) in [6.07, 6.45) is 4.55. The van der Waals surface area contributed by atoms with E-state index in [1.54, 1.807) is 0 Å². The Morgan fingerprint density at radius 2 is 2.10 bits per heavy atom. The summed E-state index contributed by atoms with van der Waals surface area (Å²) in [6, 6.07) is 4.15. The van der Waals surface area contributed by atoms with Crippen LogP contribution in [-0.4, -0.2) is 20.8 Å². The van der Waals surface area contributed by atoms with Gasteiger partial charge < -0.3 is 5.73 Å². The third-order valence-corrected chi connectivity index (χ3v) is 4.15. The number of nitrogens with two attached hydrogens (primary N) is 1. The van der Waals surface area contributed by atoms with E-state index < -0.39 is 0 Å². The molecule has 108 valence electrons. The maximum absolute atomic E-state index is 6.22. The van der Waals surface area contributed by atoms with Gasteiger partial charge in [-0.25, -0.2) is 0 Å². The number of hydrogen-bond donors (Lipinski definition) is 1. The van der Waals surface area contributed by atoms with Crippen LogP contribution < -0.4 is 5.73 Å². The van der Waals surface area contributed by atoms with Crippen molar-refractivity contribution in [3.8, 4) is 0 Å². The molecule has 2 heterocycles. The molecule has 5 heteroatoms. The molecule has 2 rings (SSSR count). The molecule has 0 spiro atoms. The zero-order chi connectivity index (χ0) is 14.7. The Hall–Kier alpha value is -1.20. The molecule has 2 aromatic rings. The Balaban J connectivity index is 1.92. The van der Waals surface area contributed by atoms with Crippen molar-refractivity contribution in [3.05, 3.63) is 45.4 Å². The van der Waals surface area contributed by atoms with Gasteiger partial charge in [0, 0.05) is 41.6 Å². The number of pyridine rings is 1. The number of aryl methyl sites for hydroxylation is 2. The maximum Gasteiger partial charge on any atom is 0.0628 e. The molecule has 2 N–H and O–H groups in total. The molecule has 4 nitrogen and oxygen atoms in total. The van der Waals surface area contributed by atoms with Crippen LogP contribution in [0.25, 0.3) is 0 Å². The lowest BCUT2D eigenvalue weighted by Crippen LogP contribution is -2.24. The highest BCUT2D eigenvalue weighted by Gasteiger charge is 2.12. The first-order chi connectivity index (χ1) is 9.47. The summed E-state index contributed by atoms with van der Waals surface area (Å²) in [5.41, 5.74) is 10.9. The lowest BCUT2D eigenvalue weighted by Gasteiger charge is -2.11. The molecule has 0 saturated carbocycles. The van der Waals surface area contributed by atoms with E-state index in [2.05, 4.69) is 39.9 Å². The van der Waals surface area contributed by atoms with Gasteiger partial charge in [0.1, 0.15) is 0 Å². The van der Waals surface area contributed by atoms with Gasteiger partial charge in [-0.1, -0.05) is 0 Å². The van der Waals surface area contributed by atoms with Crippen LogP contribution in [0.5, 0.6) is 0 Å². The van der Waals surface area contributed by atoms with E-state index in [-0.39, 0.29) is 6.04 Å². The molecule has 2 aromatic heterocycles. The third kappa shape index (κ3) is 3.67. The minimum atomic E-state index is 0.127. The normalized spacial score (nSPS) is 12.7. The fourth-order valence-electron chi connectivity index (χ4n) is 2.41. The number of rotatable bonds is 5. The highest BCUT2D eigenvalue weighted by Crippen LogP contribution is 2.16. The fraction of sp³-hybridized carbons (Fsp3) is 0.467. The molecule has 0 bridgehead atoms. The number of hydrogen-bond acceptors (Lipinski definition) is 3. The van der Waals surface area contributed by atoms with Crippen molar-refractivity contribution in [3.63, 3.8) is 0 Å². The van der Waals surface area contributed by atoms with Gasteiger partial charge in [-0.15, -0.1) is 0 Å².